The van der Waals surface area contributed by atoms with E-state index in [0.717, 1.165) is 5.56 Å². The molecule has 4 nitrogen and oxygen atoms in total. The highest BCUT2D eigenvalue weighted by atomic mass is 32.2. The second kappa shape index (κ2) is 6.78. The van der Waals surface area contributed by atoms with E-state index >= 15 is 0 Å². The predicted molar refractivity (Wildman–Crippen MR) is 74.1 cm³/mol. The smallest absolute Gasteiger partial charge is 0.336 e. The molecule has 0 aliphatic carbocycles. The topological polar surface area (TPSA) is 69.6 Å². The van der Waals surface area contributed by atoms with Crippen LogP contribution in [0.5, 0.6) is 0 Å². The average Bonchev–Trinajstić information content (AvgIpc) is 2.29. The fraction of sp³-hybridized carbons (Fsp3) is 0.462. The summed E-state index contributed by atoms with van der Waals surface area (Å²) in [6.07, 6.45) is 1.94. The summed E-state index contributed by atoms with van der Waals surface area (Å²) in [4.78, 5) is 11.0. The Balaban J connectivity index is 2.56. The molecule has 100 valence electrons. The van der Waals surface area contributed by atoms with Crippen LogP contribution in [0.15, 0.2) is 24.3 Å². The zero-order chi connectivity index (χ0) is 13.6. The average molecular weight is 269 g/mol. The molecule has 3 N–H and O–H groups in total. The minimum absolute atomic E-state index is 0.300. The van der Waals surface area contributed by atoms with Crippen LogP contribution in [-0.2, 0) is 6.54 Å². The lowest BCUT2D eigenvalue weighted by atomic mass is 10.1. The van der Waals surface area contributed by atoms with Crippen LogP contribution in [-0.4, -0.2) is 40.3 Å². The normalized spacial score (nSPS) is 14.2. The second-order valence-electron chi connectivity index (χ2n) is 4.50. The Morgan fingerprint density at radius 3 is 2.72 bits per heavy atom. The lowest BCUT2D eigenvalue weighted by molar-refractivity contribution is 0.0695. The van der Waals surface area contributed by atoms with Crippen molar-refractivity contribution >= 4 is 17.7 Å². The van der Waals surface area contributed by atoms with Gasteiger partial charge in [0, 0.05) is 18.8 Å². The molecule has 0 fully saturated rings. The summed E-state index contributed by atoms with van der Waals surface area (Å²) < 4.78 is 0. The lowest BCUT2D eigenvalue weighted by Gasteiger charge is -2.22. The van der Waals surface area contributed by atoms with Crippen molar-refractivity contribution in [2.45, 2.75) is 19.1 Å². The van der Waals surface area contributed by atoms with Crippen LogP contribution in [0.25, 0.3) is 0 Å². The standard InChI is InChI=1S/C13H19NO3S/c1-13(17,9-18-2)8-14-7-10-5-3-4-6-11(10)12(15)16/h3-6,14,17H,7-9H2,1-2H3,(H,15,16). The van der Waals surface area contributed by atoms with E-state index in [1.54, 1.807) is 36.9 Å². The molecule has 5 heteroatoms. The van der Waals surface area contributed by atoms with Crippen LogP contribution in [0.3, 0.4) is 0 Å². The Bertz CT molecular complexity index is 407. The minimum Gasteiger partial charge on any atom is -0.478 e. The van der Waals surface area contributed by atoms with Gasteiger partial charge in [0.25, 0.3) is 0 Å². The van der Waals surface area contributed by atoms with Crippen molar-refractivity contribution in [2.24, 2.45) is 0 Å². The fourth-order valence-corrected chi connectivity index (χ4v) is 2.44. The number of carbonyl (C=O) groups is 1. The van der Waals surface area contributed by atoms with Crippen molar-refractivity contribution in [1.29, 1.82) is 0 Å². The molecule has 0 spiro atoms. The van der Waals surface area contributed by atoms with Crippen LogP contribution < -0.4 is 5.32 Å². The summed E-state index contributed by atoms with van der Waals surface area (Å²) >= 11 is 1.58. The largest absolute Gasteiger partial charge is 0.478 e. The van der Waals surface area contributed by atoms with Crippen LogP contribution in [0.2, 0.25) is 0 Å². The number of hydrogen-bond acceptors (Lipinski definition) is 4. The van der Waals surface area contributed by atoms with Gasteiger partial charge in [0.15, 0.2) is 0 Å². The second-order valence-corrected chi connectivity index (χ2v) is 5.36. The molecule has 1 aromatic rings. The van der Waals surface area contributed by atoms with E-state index < -0.39 is 11.6 Å². The van der Waals surface area contributed by atoms with Gasteiger partial charge in [0.05, 0.1) is 11.2 Å². The third-order valence-corrected chi connectivity index (χ3v) is 3.43. The van der Waals surface area contributed by atoms with Gasteiger partial charge in [-0.15, -0.1) is 0 Å². The van der Waals surface area contributed by atoms with E-state index in [1.807, 2.05) is 12.3 Å². The molecule has 1 rings (SSSR count). The molecule has 1 unspecified atom stereocenters. The highest BCUT2D eigenvalue weighted by Gasteiger charge is 2.19. The third kappa shape index (κ3) is 4.68. The molecule has 0 aliphatic rings. The van der Waals surface area contributed by atoms with Gasteiger partial charge in [0.2, 0.25) is 0 Å². The highest BCUT2D eigenvalue weighted by molar-refractivity contribution is 7.98. The van der Waals surface area contributed by atoms with Crippen molar-refractivity contribution in [1.82, 2.24) is 5.32 Å². The molecule has 0 amide bonds. The van der Waals surface area contributed by atoms with Crippen LogP contribution in [0.1, 0.15) is 22.8 Å². The van der Waals surface area contributed by atoms with Crippen LogP contribution in [0.4, 0.5) is 0 Å². The highest BCUT2D eigenvalue weighted by Crippen LogP contribution is 2.11. The lowest BCUT2D eigenvalue weighted by Crippen LogP contribution is -2.39. The predicted octanol–water partition coefficient (Wildman–Crippen LogP) is 1.59. The van der Waals surface area contributed by atoms with Gasteiger partial charge < -0.3 is 15.5 Å². The Morgan fingerprint density at radius 2 is 2.11 bits per heavy atom. The zero-order valence-corrected chi connectivity index (χ0v) is 11.5. The third-order valence-electron chi connectivity index (χ3n) is 2.52. The number of rotatable bonds is 7. The maximum atomic E-state index is 11.0. The maximum Gasteiger partial charge on any atom is 0.336 e. The van der Waals surface area contributed by atoms with Crippen molar-refractivity contribution in [2.75, 3.05) is 18.6 Å². The van der Waals surface area contributed by atoms with Crippen LogP contribution >= 0.6 is 11.8 Å². The molecule has 0 saturated carbocycles. The summed E-state index contributed by atoms with van der Waals surface area (Å²) in [6, 6.07) is 6.87. The van der Waals surface area contributed by atoms with Crippen molar-refractivity contribution in [3.05, 3.63) is 35.4 Å². The number of aliphatic hydroxyl groups is 1. The number of thioether (sulfide) groups is 1. The number of carboxylic acids is 1. The molecule has 0 bridgehead atoms. The monoisotopic (exact) mass is 269 g/mol. The number of nitrogens with one attached hydrogen (secondary N) is 1. The summed E-state index contributed by atoms with van der Waals surface area (Å²) in [7, 11) is 0. The van der Waals surface area contributed by atoms with E-state index in [4.69, 9.17) is 5.11 Å². The first-order chi connectivity index (χ1) is 8.46. The molecule has 18 heavy (non-hydrogen) atoms. The fourth-order valence-electron chi connectivity index (χ4n) is 1.71. The maximum absolute atomic E-state index is 11.0. The molecular formula is C13H19NO3S. The first-order valence-electron chi connectivity index (χ1n) is 5.69. The van der Waals surface area contributed by atoms with E-state index in [1.165, 1.54) is 0 Å². The van der Waals surface area contributed by atoms with Gasteiger partial charge in [-0.1, -0.05) is 18.2 Å². The summed E-state index contributed by atoms with van der Waals surface area (Å²) in [6.45, 7) is 2.63. The van der Waals surface area contributed by atoms with Gasteiger partial charge in [-0.25, -0.2) is 4.79 Å². The van der Waals surface area contributed by atoms with E-state index in [-0.39, 0.29) is 0 Å². The minimum atomic E-state index is -0.928. The number of aromatic carboxylic acids is 1. The van der Waals surface area contributed by atoms with Crippen molar-refractivity contribution < 1.29 is 15.0 Å². The number of carboxylic acid groups (broad SMARTS) is 1. The van der Waals surface area contributed by atoms with Gasteiger partial charge in [-0.3, -0.25) is 0 Å². The van der Waals surface area contributed by atoms with Gasteiger partial charge in [-0.05, 0) is 24.8 Å². The molecule has 0 aromatic heterocycles. The van der Waals surface area contributed by atoms with Crippen LogP contribution in [0, 0.1) is 0 Å². The molecular weight excluding hydrogens is 250 g/mol. The molecule has 0 radical (unpaired) electrons. The Labute approximate surface area is 111 Å². The zero-order valence-electron chi connectivity index (χ0n) is 10.6. The first kappa shape index (κ1) is 15.0. The molecule has 0 aliphatic heterocycles. The quantitative estimate of drug-likeness (QED) is 0.701. The summed E-state index contributed by atoms with van der Waals surface area (Å²) in [5.74, 6) is -0.288. The van der Waals surface area contributed by atoms with Crippen molar-refractivity contribution in [3.63, 3.8) is 0 Å². The summed E-state index contributed by atoms with van der Waals surface area (Å²) in [5, 5.41) is 22.1. The first-order valence-corrected chi connectivity index (χ1v) is 7.09. The SMILES string of the molecule is CSCC(C)(O)CNCc1ccccc1C(=O)O. The van der Waals surface area contributed by atoms with Crippen molar-refractivity contribution in [3.8, 4) is 0 Å². The molecule has 1 aromatic carbocycles. The van der Waals surface area contributed by atoms with E-state index in [0.29, 0.717) is 24.4 Å². The van der Waals surface area contributed by atoms with Gasteiger partial charge >= 0.3 is 5.97 Å². The molecule has 0 heterocycles. The molecule has 1 atom stereocenters. The Morgan fingerprint density at radius 1 is 1.44 bits per heavy atom. The van der Waals surface area contributed by atoms with E-state index in [2.05, 4.69) is 5.32 Å². The Hall–Kier alpha value is -1.04. The number of hydrogen-bond donors (Lipinski definition) is 3. The van der Waals surface area contributed by atoms with Gasteiger partial charge in [-0.2, -0.15) is 11.8 Å². The van der Waals surface area contributed by atoms with E-state index in [9.17, 15) is 9.90 Å². The summed E-state index contributed by atoms with van der Waals surface area (Å²) in [5.41, 5.74) is 0.247. The molecule has 0 saturated heterocycles. The van der Waals surface area contributed by atoms with Gasteiger partial charge in [0.1, 0.15) is 0 Å². The number of benzene rings is 1. The Kier molecular flexibility index (Phi) is 5.65.